The average molecular weight is 596 g/mol. The number of aromatic hydroxyl groups is 1. The van der Waals surface area contributed by atoms with Gasteiger partial charge in [0.2, 0.25) is 0 Å². The van der Waals surface area contributed by atoms with E-state index in [1.807, 2.05) is 24.3 Å². The number of alkyl halides is 2. The monoisotopic (exact) mass is 595 g/mol. The largest absolute Gasteiger partial charge is 0.508 e. The first-order valence-corrected chi connectivity index (χ1v) is 15.3. The first-order valence-electron chi connectivity index (χ1n) is 15.3. The summed E-state index contributed by atoms with van der Waals surface area (Å²) in [5.41, 5.74) is 1.65. The lowest BCUT2D eigenvalue weighted by atomic mass is 9.93. The van der Waals surface area contributed by atoms with Crippen molar-refractivity contribution in [3.63, 3.8) is 0 Å². The molecule has 0 spiro atoms. The van der Waals surface area contributed by atoms with Gasteiger partial charge in [-0.15, -0.1) is 0 Å². The maximum atomic E-state index is 16.8. The van der Waals surface area contributed by atoms with Crippen LogP contribution in [0.1, 0.15) is 43.4 Å². The Kier molecular flexibility index (Phi) is 6.20. The number of halogens is 3. The van der Waals surface area contributed by atoms with Crippen LogP contribution < -0.4 is 10.2 Å². The van der Waals surface area contributed by atoms with E-state index in [0.29, 0.717) is 41.7 Å². The molecule has 3 unspecified atom stereocenters. The highest BCUT2D eigenvalue weighted by molar-refractivity contribution is 6.04. The van der Waals surface area contributed by atoms with E-state index in [4.69, 9.17) is 4.98 Å². The van der Waals surface area contributed by atoms with Crippen molar-refractivity contribution >= 4 is 33.4 Å². The highest BCUT2D eigenvalue weighted by Gasteiger charge is 2.56. The number of hydrogen-bond donors (Lipinski definition) is 2. The zero-order valence-electron chi connectivity index (χ0n) is 24.2. The molecule has 0 amide bonds. The van der Waals surface area contributed by atoms with Crippen LogP contribution in [0, 0.1) is 17.7 Å². The quantitative estimate of drug-likeness (QED) is 0.279. The van der Waals surface area contributed by atoms with Crippen LogP contribution in [0.3, 0.4) is 0 Å². The molecular formula is C35H32F3N5O. The number of fused-ring (bicyclic) bond motifs is 5. The molecule has 224 valence electrons. The second kappa shape index (κ2) is 9.94. The van der Waals surface area contributed by atoms with Crippen LogP contribution in [0.25, 0.3) is 39.0 Å². The summed E-state index contributed by atoms with van der Waals surface area (Å²) in [6, 6.07) is 11.3. The second-order valence-electron chi connectivity index (χ2n) is 12.7. The minimum Gasteiger partial charge on any atom is -0.508 e. The highest BCUT2D eigenvalue weighted by atomic mass is 19.3. The van der Waals surface area contributed by atoms with Gasteiger partial charge in [-0.2, -0.15) is 0 Å². The number of hydrogen-bond acceptors (Lipinski definition) is 6. The summed E-state index contributed by atoms with van der Waals surface area (Å²) >= 11 is 0. The van der Waals surface area contributed by atoms with E-state index >= 15 is 4.39 Å². The molecule has 4 aromatic rings. The summed E-state index contributed by atoms with van der Waals surface area (Å²) < 4.78 is 45.7. The molecule has 4 aliphatic heterocycles. The molecule has 4 aliphatic rings. The third-order valence-corrected chi connectivity index (χ3v) is 9.82. The molecule has 2 aromatic carbocycles. The summed E-state index contributed by atoms with van der Waals surface area (Å²) in [4.78, 5) is 13.4. The normalized spacial score (nSPS) is 25.8. The van der Waals surface area contributed by atoms with Crippen molar-refractivity contribution < 1.29 is 18.3 Å². The highest BCUT2D eigenvalue weighted by Crippen LogP contribution is 2.46. The van der Waals surface area contributed by atoms with Crippen LogP contribution in [-0.2, 0) is 0 Å². The van der Waals surface area contributed by atoms with Crippen LogP contribution in [0.2, 0.25) is 0 Å². The van der Waals surface area contributed by atoms with Gasteiger partial charge >= 0.3 is 0 Å². The van der Waals surface area contributed by atoms with E-state index in [2.05, 4.69) is 33.6 Å². The van der Waals surface area contributed by atoms with Crippen molar-refractivity contribution in [2.75, 3.05) is 31.1 Å². The number of phenols is 1. The van der Waals surface area contributed by atoms with Crippen molar-refractivity contribution in [1.29, 1.82) is 0 Å². The van der Waals surface area contributed by atoms with E-state index in [0.717, 1.165) is 54.4 Å². The van der Waals surface area contributed by atoms with Crippen molar-refractivity contribution in [1.82, 2.24) is 20.2 Å². The van der Waals surface area contributed by atoms with Crippen molar-refractivity contribution in [2.45, 2.75) is 55.6 Å². The van der Waals surface area contributed by atoms with Gasteiger partial charge in [0.1, 0.15) is 22.7 Å². The molecular weight excluding hydrogens is 563 g/mol. The SMILES string of the molecule is C=Cc1cccc2cc(O)cc(-c3ncc4c(N5CC6CCC(C5)N6)cc(C#CC56CCCN5CC(F)(F)C6)nc4c3F)c12. The molecule has 2 aromatic heterocycles. The molecule has 0 radical (unpaired) electrons. The number of aromatic nitrogens is 2. The van der Waals surface area contributed by atoms with Gasteiger partial charge in [-0.3, -0.25) is 9.88 Å². The van der Waals surface area contributed by atoms with Crippen molar-refractivity contribution in [2.24, 2.45) is 0 Å². The van der Waals surface area contributed by atoms with Gasteiger partial charge in [0.25, 0.3) is 5.92 Å². The predicted molar refractivity (Wildman–Crippen MR) is 166 cm³/mol. The smallest absolute Gasteiger partial charge is 0.263 e. The van der Waals surface area contributed by atoms with Crippen LogP contribution in [0.15, 0.2) is 49.2 Å². The van der Waals surface area contributed by atoms with Crippen LogP contribution >= 0.6 is 0 Å². The number of piperazine rings is 1. The maximum absolute atomic E-state index is 16.8. The van der Waals surface area contributed by atoms with E-state index in [-0.39, 0.29) is 29.9 Å². The predicted octanol–water partition coefficient (Wildman–Crippen LogP) is 6.10. The Hall–Kier alpha value is -4.13. The second-order valence-corrected chi connectivity index (χ2v) is 12.7. The summed E-state index contributed by atoms with van der Waals surface area (Å²) in [5, 5.41) is 16.2. The number of phenolic OH excluding ortho intramolecular Hbond substituents is 1. The Bertz CT molecular complexity index is 1900. The Morgan fingerprint density at radius 3 is 2.75 bits per heavy atom. The molecule has 6 heterocycles. The minimum absolute atomic E-state index is 0.00620. The first-order chi connectivity index (χ1) is 21.2. The first kappa shape index (κ1) is 27.4. The van der Waals surface area contributed by atoms with Gasteiger partial charge in [0.05, 0.1) is 17.8 Å². The van der Waals surface area contributed by atoms with Gasteiger partial charge < -0.3 is 15.3 Å². The fourth-order valence-corrected chi connectivity index (χ4v) is 7.93. The van der Waals surface area contributed by atoms with E-state index in [1.54, 1.807) is 23.2 Å². The maximum Gasteiger partial charge on any atom is 0.263 e. The Labute approximate surface area is 253 Å². The molecule has 3 atom stereocenters. The number of rotatable bonds is 3. The minimum atomic E-state index is -2.78. The molecule has 2 bridgehead atoms. The lowest BCUT2D eigenvalue weighted by Crippen LogP contribution is -2.51. The van der Waals surface area contributed by atoms with E-state index < -0.39 is 17.3 Å². The van der Waals surface area contributed by atoms with Gasteiger partial charge in [-0.05, 0) is 72.7 Å². The molecule has 0 aliphatic carbocycles. The van der Waals surface area contributed by atoms with Gasteiger partial charge in [0.15, 0.2) is 5.82 Å². The number of benzene rings is 2. The van der Waals surface area contributed by atoms with Crippen LogP contribution in [0.4, 0.5) is 18.9 Å². The Morgan fingerprint density at radius 1 is 1.14 bits per heavy atom. The number of nitrogens with one attached hydrogen (secondary N) is 1. The number of pyridine rings is 2. The topological polar surface area (TPSA) is 64.5 Å². The van der Waals surface area contributed by atoms with Gasteiger partial charge in [-0.1, -0.05) is 36.8 Å². The lowest BCUT2D eigenvalue weighted by Gasteiger charge is -2.35. The summed E-state index contributed by atoms with van der Waals surface area (Å²) in [6.07, 6.45) is 6.61. The Balaban J connectivity index is 1.32. The van der Waals surface area contributed by atoms with Crippen LogP contribution in [0.5, 0.6) is 5.75 Å². The van der Waals surface area contributed by atoms with Crippen molar-refractivity contribution in [3.05, 3.63) is 66.2 Å². The molecule has 9 heteroatoms. The average Bonchev–Trinajstić information content (AvgIpc) is 3.62. The van der Waals surface area contributed by atoms with Crippen LogP contribution in [-0.4, -0.2) is 69.7 Å². The third kappa shape index (κ3) is 4.42. The molecule has 2 N–H and O–H groups in total. The fourth-order valence-electron chi connectivity index (χ4n) is 7.93. The van der Waals surface area contributed by atoms with E-state index in [9.17, 15) is 13.9 Å². The lowest BCUT2D eigenvalue weighted by molar-refractivity contribution is 0.0104. The van der Waals surface area contributed by atoms with Gasteiger partial charge in [-0.25, -0.2) is 18.2 Å². The van der Waals surface area contributed by atoms with Gasteiger partial charge in [0, 0.05) is 48.7 Å². The number of anilines is 1. The third-order valence-electron chi connectivity index (χ3n) is 9.82. The number of nitrogens with zero attached hydrogens (tertiary/aromatic N) is 4. The molecule has 6 nitrogen and oxygen atoms in total. The van der Waals surface area contributed by atoms with Crippen molar-refractivity contribution in [3.8, 4) is 28.8 Å². The molecule has 44 heavy (non-hydrogen) atoms. The zero-order valence-corrected chi connectivity index (χ0v) is 24.2. The molecule has 8 rings (SSSR count). The fraction of sp³-hybridized carbons (Fsp3) is 0.371. The molecule has 4 saturated heterocycles. The molecule has 4 fully saturated rings. The summed E-state index contributed by atoms with van der Waals surface area (Å²) in [7, 11) is 0. The zero-order chi connectivity index (χ0) is 30.2. The summed E-state index contributed by atoms with van der Waals surface area (Å²) in [5.74, 6) is 2.90. The summed E-state index contributed by atoms with van der Waals surface area (Å²) in [6.45, 7) is 5.76. The molecule has 0 saturated carbocycles. The Morgan fingerprint density at radius 2 is 1.95 bits per heavy atom. The van der Waals surface area contributed by atoms with E-state index in [1.165, 1.54) is 6.07 Å². The standard InChI is InChI=1S/C35H32F3N5O/c1-2-21-5-3-6-22-13-26(44)15-27(30(21)22)32-31(36)33-28(16-39-32)29(42-17-24-7-8-25(18-42)40-24)14-23(41-33)9-11-34-10-4-12-43(34)20-35(37,38)19-34/h2-3,5-6,13-16,24-25,40,44H,1,4,7-8,10,12,17-20H2.